The second-order valence-corrected chi connectivity index (χ2v) is 6.72. The number of hydrogen-bond acceptors (Lipinski definition) is 6. The Bertz CT molecular complexity index is 894. The summed E-state index contributed by atoms with van der Waals surface area (Å²) in [5, 5.41) is 13.7. The van der Waals surface area contributed by atoms with Crippen LogP contribution in [0.15, 0.2) is 65.5 Å². The van der Waals surface area contributed by atoms with Crippen molar-refractivity contribution in [2.75, 3.05) is 27.4 Å². The highest BCUT2D eigenvalue weighted by atomic mass is 16.5. The van der Waals surface area contributed by atoms with Crippen molar-refractivity contribution in [1.29, 1.82) is 0 Å². The molecule has 1 aromatic heterocycles. The topological polar surface area (TPSA) is 73.1 Å². The molecule has 154 valence electrons. The van der Waals surface area contributed by atoms with E-state index in [0.29, 0.717) is 23.8 Å². The third-order valence-electron chi connectivity index (χ3n) is 4.72. The number of benzene rings is 2. The Kier molecular flexibility index (Phi) is 7.16. The van der Waals surface area contributed by atoms with Crippen LogP contribution in [0.5, 0.6) is 17.2 Å². The molecule has 2 unspecified atom stereocenters. The second kappa shape index (κ2) is 10.0. The largest absolute Gasteiger partial charge is 0.493 e. The van der Waals surface area contributed by atoms with Crippen LogP contribution in [-0.4, -0.2) is 38.6 Å². The lowest BCUT2D eigenvalue weighted by Gasteiger charge is -2.19. The zero-order chi connectivity index (χ0) is 20.6. The lowest BCUT2D eigenvalue weighted by atomic mass is 10.1. The number of ether oxygens (including phenoxy) is 3. The van der Waals surface area contributed by atoms with Crippen molar-refractivity contribution in [2.24, 2.45) is 0 Å². The molecule has 3 aromatic rings. The van der Waals surface area contributed by atoms with Crippen LogP contribution in [0.4, 0.5) is 0 Å². The molecule has 0 saturated heterocycles. The van der Waals surface area contributed by atoms with Crippen LogP contribution in [0.3, 0.4) is 0 Å². The third kappa shape index (κ3) is 5.31. The fourth-order valence-corrected chi connectivity index (χ4v) is 3.05. The van der Waals surface area contributed by atoms with E-state index in [1.54, 1.807) is 26.7 Å². The van der Waals surface area contributed by atoms with Gasteiger partial charge in [-0.25, -0.2) is 0 Å². The molecule has 6 heteroatoms. The minimum Gasteiger partial charge on any atom is -0.493 e. The van der Waals surface area contributed by atoms with Crippen LogP contribution in [0.25, 0.3) is 11.1 Å². The molecule has 0 amide bonds. The van der Waals surface area contributed by atoms with E-state index in [1.165, 1.54) is 0 Å². The number of nitrogens with one attached hydrogen (secondary N) is 1. The maximum absolute atomic E-state index is 10.4. The van der Waals surface area contributed by atoms with Gasteiger partial charge >= 0.3 is 0 Å². The van der Waals surface area contributed by atoms with Gasteiger partial charge in [-0.1, -0.05) is 24.3 Å². The Balaban J connectivity index is 1.54. The van der Waals surface area contributed by atoms with Crippen molar-refractivity contribution in [1.82, 2.24) is 5.32 Å². The van der Waals surface area contributed by atoms with Gasteiger partial charge in [0.25, 0.3) is 0 Å². The Morgan fingerprint density at radius 2 is 1.79 bits per heavy atom. The zero-order valence-corrected chi connectivity index (χ0v) is 16.9. The summed E-state index contributed by atoms with van der Waals surface area (Å²) >= 11 is 0. The average Bonchev–Trinajstić information content (AvgIpc) is 3.30. The van der Waals surface area contributed by atoms with Crippen molar-refractivity contribution in [3.63, 3.8) is 0 Å². The standard InChI is InChI=1S/C23H27NO5/c1-16(17-8-9-22(26-2)23(12-17)27-3)24-13-19(25)15-29-21-7-5-4-6-20(21)18-10-11-28-14-18/h4-12,14,16,19,24-25H,13,15H2,1-3H3. The fourth-order valence-electron chi connectivity index (χ4n) is 3.05. The molecule has 29 heavy (non-hydrogen) atoms. The van der Waals surface area contributed by atoms with Crippen molar-refractivity contribution >= 4 is 0 Å². The summed E-state index contributed by atoms with van der Waals surface area (Å²) in [5.41, 5.74) is 2.91. The van der Waals surface area contributed by atoms with Crippen molar-refractivity contribution in [3.8, 4) is 28.4 Å². The molecule has 0 saturated carbocycles. The zero-order valence-electron chi connectivity index (χ0n) is 16.9. The molecule has 2 aromatic carbocycles. The maximum Gasteiger partial charge on any atom is 0.161 e. The van der Waals surface area contributed by atoms with Crippen molar-refractivity contribution < 1.29 is 23.7 Å². The van der Waals surface area contributed by atoms with Gasteiger partial charge in [0.05, 0.1) is 26.7 Å². The van der Waals surface area contributed by atoms with Crippen LogP contribution in [0.2, 0.25) is 0 Å². The maximum atomic E-state index is 10.4. The van der Waals surface area contributed by atoms with Gasteiger partial charge in [-0.05, 0) is 36.8 Å². The Hall–Kier alpha value is -2.96. The van der Waals surface area contributed by atoms with E-state index < -0.39 is 6.10 Å². The highest BCUT2D eigenvalue weighted by molar-refractivity contribution is 5.69. The van der Waals surface area contributed by atoms with Crippen LogP contribution < -0.4 is 19.5 Å². The smallest absolute Gasteiger partial charge is 0.161 e. The van der Waals surface area contributed by atoms with E-state index in [9.17, 15) is 5.11 Å². The minimum absolute atomic E-state index is 0.0303. The lowest BCUT2D eigenvalue weighted by molar-refractivity contribution is 0.104. The molecule has 0 aliphatic heterocycles. The quantitative estimate of drug-likeness (QED) is 0.538. The van der Waals surface area contributed by atoms with E-state index in [4.69, 9.17) is 18.6 Å². The highest BCUT2D eigenvalue weighted by Gasteiger charge is 2.13. The molecule has 0 spiro atoms. The summed E-state index contributed by atoms with van der Waals surface area (Å²) in [5.74, 6) is 2.08. The normalized spacial score (nSPS) is 13.0. The second-order valence-electron chi connectivity index (χ2n) is 6.72. The van der Waals surface area contributed by atoms with E-state index >= 15 is 0 Å². The predicted molar refractivity (Wildman–Crippen MR) is 112 cm³/mol. The monoisotopic (exact) mass is 397 g/mol. The summed E-state index contributed by atoms with van der Waals surface area (Å²) in [6, 6.07) is 15.4. The first-order chi connectivity index (χ1) is 14.1. The summed E-state index contributed by atoms with van der Waals surface area (Å²) in [6.45, 7) is 2.60. The summed E-state index contributed by atoms with van der Waals surface area (Å²) in [7, 11) is 3.22. The SMILES string of the molecule is COc1ccc(C(C)NCC(O)COc2ccccc2-c2ccoc2)cc1OC. The van der Waals surface area contributed by atoms with E-state index in [1.807, 2.05) is 55.5 Å². The number of aliphatic hydroxyl groups excluding tert-OH is 1. The molecular weight excluding hydrogens is 370 g/mol. The van der Waals surface area contributed by atoms with Crippen molar-refractivity contribution in [3.05, 3.63) is 66.6 Å². The average molecular weight is 397 g/mol. The molecule has 0 aliphatic rings. The first kappa shape index (κ1) is 20.8. The van der Waals surface area contributed by atoms with Gasteiger partial charge in [0, 0.05) is 23.7 Å². The van der Waals surface area contributed by atoms with E-state index in [0.717, 1.165) is 16.7 Å². The molecular formula is C23H27NO5. The molecule has 2 atom stereocenters. The van der Waals surface area contributed by atoms with Crippen LogP contribution >= 0.6 is 0 Å². The first-order valence-electron chi connectivity index (χ1n) is 9.50. The minimum atomic E-state index is -0.657. The predicted octanol–water partition coefficient (Wildman–Crippen LogP) is 4.05. The lowest BCUT2D eigenvalue weighted by Crippen LogP contribution is -2.33. The first-order valence-corrected chi connectivity index (χ1v) is 9.50. The van der Waals surface area contributed by atoms with Crippen LogP contribution in [0, 0.1) is 0 Å². The molecule has 1 heterocycles. The molecule has 0 fully saturated rings. The summed E-state index contributed by atoms with van der Waals surface area (Å²) in [6.07, 6.45) is 2.64. The van der Waals surface area contributed by atoms with Gasteiger partial charge in [-0.3, -0.25) is 0 Å². The number of hydrogen-bond donors (Lipinski definition) is 2. The third-order valence-corrected chi connectivity index (χ3v) is 4.72. The Labute approximate surface area is 171 Å². The molecule has 2 N–H and O–H groups in total. The molecule has 0 bridgehead atoms. The highest BCUT2D eigenvalue weighted by Crippen LogP contribution is 2.31. The number of para-hydroxylation sites is 1. The summed E-state index contributed by atoms with van der Waals surface area (Å²) in [4.78, 5) is 0. The van der Waals surface area contributed by atoms with Gasteiger partial charge in [0.2, 0.25) is 0 Å². The van der Waals surface area contributed by atoms with Crippen LogP contribution in [0.1, 0.15) is 18.5 Å². The van der Waals surface area contributed by atoms with Gasteiger partial charge in [-0.2, -0.15) is 0 Å². The number of methoxy groups -OCH3 is 2. The number of furan rings is 1. The van der Waals surface area contributed by atoms with Gasteiger partial charge in [0.1, 0.15) is 18.5 Å². The molecule has 0 aliphatic carbocycles. The number of rotatable bonds is 10. The van der Waals surface area contributed by atoms with E-state index in [2.05, 4.69) is 5.32 Å². The Morgan fingerprint density at radius 1 is 1.00 bits per heavy atom. The number of aliphatic hydroxyl groups is 1. The van der Waals surface area contributed by atoms with Gasteiger partial charge in [0.15, 0.2) is 11.5 Å². The van der Waals surface area contributed by atoms with Crippen LogP contribution in [-0.2, 0) is 0 Å². The van der Waals surface area contributed by atoms with E-state index in [-0.39, 0.29) is 12.6 Å². The van der Waals surface area contributed by atoms with Crippen molar-refractivity contribution in [2.45, 2.75) is 19.1 Å². The van der Waals surface area contributed by atoms with Gasteiger partial charge < -0.3 is 29.1 Å². The summed E-state index contributed by atoms with van der Waals surface area (Å²) < 4.78 is 21.6. The Morgan fingerprint density at radius 3 is 2.52 bits per heavy atom. The molecule has 0 radical (unpaired) electrons. The fraction of sp³-hybridized carbons (Fsp3) is 0.304. The molecule has 3 rings (SSSR count). The molecule has 6 nitrogen and oxygen atoms in total. The van der Waals surface area contributed by atoms with Gasteiger partial charge in [-0.15, -0.1) is 0 Å².